The number of carbonyl (C=O) groups is 1. The van der Waals surface area contributed by atoms with E-state index in [4.69, 9.17) is 5.10 Å². The van der Waals surface area contributed by atoms with Crippen molar-refractivity contribution in [3.63, 3.8) is 0 Å². The summed E-state index contributed by atoms with van der Waals surface area (Å²) in [6.45, 7) is 6.23. The number of anilines is 2. The van der Waals surface area contributed by atoms with Crippen LogP contribution in [0.3, 0.4) is 0 Å². The van der Waals surface area contributed by atoms with Crippen molar-refractivity contribution in [1.82, 2.24) is 39.8 Å². The minimum Gasteiger partial charge on any atom is -0.357 e. The number of rotatable bonds is 5. The normalized spacial score (nSPS) is 16.9. The molecule has 0 saturated heterocycles. The Bertz CT molecular complexity index is 1790. The van der Waals surface area contributed by atoms with E-state index in [1.165, 1.54) is 4.57 Å². The number of fused-ring (bicyclic) bond motifs is 2. The molecule has 1 saturated carbocycles. The standard InChI is InChI=1S/C27H30N10O2/c1-27(2,3)21-11-22(37(35-21)16-6-7-19-14(8-16)13-30-34-19)32-26(39)31-20-10-17(20)18-9-15-12-29-25(28-4)33-23(15)36(5)24(18)38/h6-9,11-13,17,20H,10H2,1-5H3,(H,30,34)(H,28,29,33)(H2,31,32,39). The van der Waals surface area contributed by atoms with E-state index in [2.05, 4.69) is 56.9 Å². The van der Waals surface area contributed by atoms with Crippen LogP contribution in [0.5, 0.6) is 0 Å². The maximum absolute atomic E-state index is 13.1. The number of pyridine rings is 1. The predicted octanol–water partition coefficient (Wildman–Crippen LogP) is 3.41. The summed E-state index contributed by atoms with van der Waals surface area (Å²) >= 11 is 0. The smallest absolute Gasteiger partial charge is 0.320 e. The first kappa shape index (κ1) is 24.6. The average molecular weight is 527 g/mol. The van der Waals surface area contributed by atoms with E-state index >= 15 is 0 Å². The fourth-order valence-corrected chi connectivity index (χ4v) is 4.77. The van der Waals surface area contributed by atoms with E-state index in [1.807, 2.05) is 30.3 Å². The maximum atomic E-state index is 13.1. The molecule has 4 N–H and O–H groups in total. The number of urea groups is 1. The number of benzene rings is 1. The van der Waals surface area contributed by atoms with Crippen LogP contribution < -0.4 is 21.5 Å². The van der Waals surface area contributed by atoms with E-state index < -0.39 is 0 Å². The summed E-state index contributed by atoms with van der Waals surface area (Å²) in [5, 5.41) is 22.4. The molecule has 6 rings (SSSR count). The zero-order valence-electron chi connectivity index (χ0n) is 22.4. The van der Waals surface area contributed by atoms with Gasteiger partial charge in [0.15, 0.2) is 0 Å². The average Bonchev–Trinajstić information content (AvgIpc) is 3.28. The Labute approximate surface area is 223 Å². The Morgan fingerprint density at radius 1 is 1.13 bits per heavy atom. The van der Waals surface area contributed by atoms with Crippen molar-refractivity contribution in [2.75, 3.05) is 17.7 Å². The third-order valence-electron chi connectivity index (χ3n) is 7.09. The fraction of sp³-hybridized carbons (Fsp3) is 0.333. The molecule has 1 aromatic carbocycles. The Morgan fingerprint density at radius 2 is 1.95 bits per heavy atom. The van der Waals surface area contributed by atoms with Crippen LogP contribution in [0.15, 0.2) is 47.5 Å². The van der Waals surface area contributed by atoms with Crippen molar-refractivity contribution < 1.29 is 4.79 Å². The van der Waals surface area contributed by atoms with Gasteiger partial charge in [-0.2, -0.15) is 15.2 Å². The summed E-state index contributed by atoms with van der Waals surface area (Å²) in [4.78, 5) is 34.9. The highest BCUT2D eigenvalue weighted by Gasteiger charge is 2.42. The van der Waals surface area contributed by atoms with Crippen LogP contribution in [0.1, 0.15) is 44.4 Å². The van der Waals surface area contributed by atoms with Gasteiger partial charge in [0.1, 0.15) is 11.5 Å². The maximum Gasteiger partial charge on any atom is 0.320 e. The van der Waals surface area contributed by atoms with Gasteiger partial charge in [-0.25, -0.2) is 14.5 Å². The molecule has 0 spiro atoms. The summed E-state index contributed by atoms with van der Waals surface area (Å²) in [5.74, 6) is 0.921. The monoisotopic (exact) mass is 526 g/mol. The zero-order valence-corrected chi connectivity index (χ0v) is 22.4. The van der Waals surface area contributed by atoms with E-state index in [-0.39, 0.29) is 29.0 Å². The van der Waals surface area contributed by atoms with Gasteiger partial charge >= 0.3 is 6.03 Å². The first-order valence-electron chi connectivity index (χ1n) is 12.8. The number of aromatic nitrogens is 7. The number of nitrogens with zero attached hydrogens (tertiary/aromatic N) is 6. The van der Waals surface area contributed by atoms with Crippen molar-refractivity contribution >= 4 is 39.7 Å². The van der Waals surface area contributed by atoms with Gasteiger partial charge in [0.25, 0.3) is 5.56 Å². The topological polar surface area (TPSA) is 147 Å². The number of hydrogen-bond donors (Lipinski definition) is 4. The largest absolute Gasteiger partial charge is 0.357 e. The van der Waals surface area contributed by atoms with Gasteiger partial charge in [0.05, 0.1) is 23.1 Å². The first-order valence-corrected chi connectivity index (χ1v) is 12.8. The molecule has 0 bridgehead atoms. The highest BCUT2D eigenvalue weighted by Crippen LogP contribution is 2.40. The highest BCUT2D eigenvalue weighted by molar-refractivity contribution is 5.90. The van der Waals surface area contributed by atoms with Crippen LogP contribution in [0.4, 0.5) is 16.6 Å². The van der Waals surface area contributed by atoms with Gasteiger partial charge < -0.3 is 10.6 Å². The molecule has 200 valence electrons. The predicted molar refractivity (Wildman–Crippen MR) is 150 cm³/mol. The number of carbonyl (C=O) groups excluding carboxylic acids is 1. The van der Waals surface area contributed by atoms with Gasteiger partial charge in [0, 0.05) is 60.1 Å². The lowest BCUT2D eigenvalue weighted by Gasteiger charge is -2.14. The quantitative estimate of drug-likeness (QED) is 0.274. The molecule has 1 fully saturated rings. The number of hydrogen-bond acceptors (Lipinski definition) is 7. The summed E-state index contributed by atoms with van der Waals surface area (Å²) in [6.07, 6.45) is 4.12. The molecule has 1 aliphatic rings. The molecule has 4 heterocycles. The van der Waals surface area contributed by atoms with Crippen molar-refractivity contribution in [3.05, 3.63) is 64.3 Å². The van der Waals surface area contributed by atoms with Gasteiger partial charge in [-0.1, -0.05) is 20.8 Å². The van der Waals surface area contributed by atoms with Crippen LogP contribution >= 0.6 is 0 Å². The molecule has 2 amide bonds. The van der Waals surface area contributed by atoms with Crippen molar-refractivity contribution in [3.8, 4) is 5.69 Å². The lowest BCUT2D eigenvalue weighted by Crippen LogP contribution is -2.33. The van der Waals surface area contributed by atoms with Crippen molar-refractivity contribution in [2.24, 2.45) is 7.05 Å². The van der Waals surface area contributed by atoms with E-state index in [0.29, 0.717) is 29.4 Å². The second kappa shape index (κ2) is 8.93. The summed E-state index contributed by atoms with van der Waals surface area (Å²) in [7, 11) is 3.43. The molecule has 5 aromatic rings. The summed E-state index contributed by atoms with van der Waals surface area (Å²) in [6, 6.07) is 9.04. The number of amides is 2. The Kier molecular flexibility index (Phi) is 5.63. The SMILES string of the molecule is CNc1ncc2cc(C3CC3NC(=O)Nc3cc(C(C)(C)C)nn3-c3ccc4[nH]ncc4c3)c(=O)n(C)c2n1. The van der Waals surface area contributed by atoms with Crippen LogP contribution in [0.2, 0.25) is 0 Å². The lowest BCUT2D eigenvalue weighted by molar-refractivity contribution is 0.251. The molecule has 0 aliphatic heterocycles. The number of aryl methyl sites for hydroxylation is 1. The molecule has 2 atom stereocenters. The first-order chi connectivity index (χ1) is 18.6. The zero-order chi connectivity index (χ0) is 27.5. The van der Waals surface area contributed by atoms with Gasteiger partial charge in [-0.05, 0) is 30.7 Å². The second-order valence-corrected chi connectivity index (χ2v) is 11.0. The molecule has 2 unspecified atom stereocenters. The minimum atomic E-state index is -0.354. The van der Waals surface area contributed by atoms with Gasteiger partial charge in [0.2, 0.25) is 5.95 Å². The van der Waals surface area contributed by atoms with Crippen molar-refractivity contribution in [1.29, 1.82) is 0 Å². The Balaban J connectivity index is 1.23. The second-order valence-electron chi connectivity index (χ2n) is 11.0. The summed E-state index contributed by atoms with van der Waals surface area (Å²) < 4.78 is 3.27. The van der Waals surface area contributed by atoms with Gasteiger partial charge in [-0.3, -0.25) is 19.8 Å². The number of H-pyrrole nitrogens is 1. The van der Waals surface area contributed by atoms with E-state index in [1.54, 1.807) is 31.2 Å². The molecule has 12 nitrogen and oxygen atoms in total. The third kappa shape index (κ3) is 4.47. The van der Waals surface area contributed by atoms with E-state index in [0.717, 1.165) is 27.7 Å². The van der Waals surface area contributed by atoms with Crippen LogP contribution in [-0.2, 0) is 12.5 Å². The molecular formula is C27H30N10O2. The molecule has 12 heteroatoms. The molecule has 0 radical (unpaired) electrons. The van der Waals surface area contributed by atoms with Crippen molar-refractivity contribution in [2.45, 2.75) is 44.6 Å². The molecule has 1 aliphatic carbocycles. The van der Waals surface area contributed by atoms with Crippen LogP contribution in [0.25, 0.3) is 27.6 Å². The van der Waals surface area contributed by atoms with Gasteiger partial charge in [-0.15, -0.1) is 0 Å². The third-order valence-corrected chi connectivity index (χ3v) is 7.09. The fourth-order valence-electron chi connectivity index (χ4n) is 4.77. The molecular weight excluding hydrogens is 496 g/mol. The van der Waals surface area contributed by atoms with Crippen LogP contribution in [0, 0.1) is 0 Å². The molecule has 39 heavy (non-hydrogen) atoms. The minimum absolute atomic E-state index is 0.0821. The highest BCUT2D eigenvalue weighted by atomic mass is 16.2. The Morgan fingerprint density at radius 3 is 2.72 bits per heavy atom. The van der Waals surface area contributed by atoms with Crippen LogP contribution in [-0.4, -0.2) is 53.6 Å². The molecule has 4 aromatic heterocycles. The Hall–Kier alpha value is -4.74. The lowest BCUT2D eigenvalue weighted by atomic mass is 9.92. The number of nitrogens with one attached hydrogen (secondary N) is 4. The van der Waals surface area contributed by atoms with E-state index in [9.17, 15) is 9.59 Å². The number of aromatic amines is 1. The summed E-state index contributed by atoms with van der Waals surface area (Å²) in [5.41, 5.74) is 3.43.